The minimum atomic E-state index is 0.598. The van der Waals surface area contributed by atoms with Gasteiger partial charge in [-0.05, 0) is 32.6 Å². The van der Waals surface area contributed by atoms with Gasteiger partial charge in [0.25, 0.3) is 0 Å². The molecule has 0 saturated heterocycles. The Balaban J connectivity index is 2.35. The molecule has 1 unspecified atom stereocenters. The van der Waals surface area contributed by atoms with Crippen LogP contribution in [0.2, 0.25) is 0 Å². The van der Waals surface area contributed by atoms with Crippen molar-refractivity contribution < 1.29 is 0 Å². The van der Waals surface area contributed by atoms with E-state index in [1.807, 2.05) is 0 Å². The molecule has 254 valence electrons. The maximum Gasteiger partial charge on any atom is 0.109 e. The summed E-state index contributed by atoms with van der Waals surface area (Å²) in [7, 11) is 0. The summed E-state index contributed by atoms with van der Waals surface area (Å²) in [5.74, 6) is 1.39. The first-order valence-corrected chi connectivity index (χ1v) is 20.3. The zero-order chi connectivity index (χ0) is 31.1. The third-order valence-electron chi connectivity index (χ3n) is 9.85. The van der Waals surface area contributed by atoms with Crippen molar-refractivity contribution in [2.45, 2.75) is 246 Å². The molecule has 2 heteroatoms. The molecule has 0 radical (unpaired) electrons. The molecular weight excluding hydrogens is 520 g/mol. The van der Waals surface area contributed by atoms with Crippen molar-refractivity contribution in [1.82, 2.24) is 9.55 Å². The Kier molecular flexibility index (Phi) is 29.2. The zero-order valence-corrected chi connectivity index (χ0v) is 30.4. The molecule has 0 bridgehead atoms. The van der Waals surface area contributed by atoms with Crippen LogP contribution in [0.25, 0.3) is 0 Å². The fourth-order valence-corrected chi connectivity index (χ4v) is 6.80. The summed E-state index contributed by atoms with van der Waals surface area (Å²) in [5.41, 5.74) is 1.37. The second-order valence-electron chi connectivity index (χ2n) is 14.2. The first kappa shape index (κ1) is 40.2. The Morgan fingerprint density at radius 2 is 0.767 bits per heavy atom. The van der Waals surface area contributed by atoms with Crippen LogP contribution in [0.5, 0.6) is 0 Å². The van der Waals surface area contributed by atoms with Crippen LogP contribution in [0.3, 0.4) is 0 Å². The number of unbranched alkanes of at least 4 members (excludes halogenated alkanes) is 27. The van der Waals surface area contributed by atoms with Crippen molar-refractivity contribution in [3.8, 4) is 0 Å². The predicted molar refractivity (Wildman–Crippen MR) is 194 cm³/mol. The molecule has 0 spiro atoms. The van der Waals surface area contributed by atoms with Crippen molar-refractivity contribution in [3.63, 3.8) is 0 Å². The summed E-state index contributed by atoms with van der Waals surface area (Å²) in [6, 6.07) is 0.598. The molecule has 1 aromatic rings. The van der Waals surface area contributed by atoms with E-state index < -0.39 is 0 Å². The topological polar surface area (TPSA) is 17.8 Å². The Morgan fingerprint density at radius 3 is 1.16 bits per heavy atom. The largest absolute Gasteiger partial charge is 0.332 e. The van der Waals surface area contributed by atoms with Crippen LogP contribution >= 0.6 is 0 Å². The molecule has 1 rings (SSSR count). The average Bonchev–Trinajstić information content (AvgIpc) is 3.42. The number of hydrogen-bond acceptors (Lipinski definition) is 1. The monoisotopic (exact) mass is 601 g/mol. The van der Waals surface area contributed by atoms with Crippen LogP contribution in [-0.4, -0.2) is 9.55 Å². The maximum atomic E-state index is 5.24. The van der Waals surface area contributed by atoms with E-state index in [1.165, 1.54) is 223 Å². The highest BCUT2D eigenvalue weighted by molar-refractivity contribution is 5.06. The molecule has 0 saturated carbocycles. The van der Waals surface area contributed by atoms with Crippen molar-refractivity contribution >= 4 is 0 Å². The van der Waals surface area contributed by atoms with Gasteiger partial charge in [0.15, 0.2) is 0 Å². The fraction of sp³-hybridized carbons (Fsp3) is 0.927. The van der Waals surface area contributed by atoms with Crippen molar-refractivity contribution in [2.75, 3.05) is 0 Å². The lowest BCUT2D eigenvalue weighted by atomic mass is 10.0. The van der Waals surface area contributed by atoms with Gasteiger partial charge in [0, 0.05) is 18.7 Å². The summed E-state index contributed by atoms with van der Waals surface area (Å²) in [6.07, 6.45) is 48.6. The standard InChI is InChI=1S/C41H80N2/c1-5-8-11-14-17-20-22-23-24-26-29-32-35-39(4)43-38-40(36-33-30-27-25-21-18-15-12-9-6-2)42-41(43)37-34-31-28-19-16-13-10-7-3/h38-39H,5-37H2,1-4H3. The van der Waals surface area contributed by atoms with Crippen molar-refractivity contribution in [2.24, 2.45) is 0 Å². The van der Waals surface area contributed by atoms with Gasteiger partial charge in [-0.15, -0.1) is 0 Å². The van der Waals surface area contributed by atoms with Crippen LogP contribution < -0.4 is 0 Å². The first-order valence-electron chi connectivity index (χ1n) is 20.3. The van der Waals surface area contributed by atoms with E-state index in [-0.39, 0.29) is 0 Å². The Hall–Kier alpha value is -0.790. The van der Waals surface area contributed by atoms with Gasteiger partial charge in [0.1, 0.15) is 5.82 Å². The van der Waals surface area contributed by atoms with Gasteiger partial charge in [-0.3, -0.25) is 0 Å². The third-order valence-corrected chi connectivity index (χ3v) is 9.85. The lowest BCUT2D eigenvalue weighted by Gasteiger charge is -2.16. The zero-order valence-electron chi connectivity index (χ0n) is 30.4. The van der Waals surface area contributed by atoms with E-state index in [4.69, 9.17) is 4.98 Å². The smallest absolute Gasteiger partial charge is 0.109 e. The molecular formula is C41H80N2. The van der Waals surface area contributed by atoms with Gasteiger partial charge in [0.05, 0.1) is 5.69 Å². The molecule has 1 aromatic heterocycles. The lowest BCUT2D eigenvalue weighted by molar-refractivity contribution is 0.449. The average molecular weight is 601 g/mol. The van der Waals surface area contributed by atoms with Crippen LogP contribution in [-0.2, 0) is 12.8 Å². The molecule has 1 atom stereocenters. The highest BCUT2D eigenvalue weighted by atomic mass is 15.1. The molecule has 43 heavy (non-hydrogen) atoms. The van der Waals surface area contributed by atoms with Gasteiger partial charge in [0.2, 0.25) is 0 Å². The molecule has 0 aromatic carbocycles. The SMILES string of the molecule is CCCCCCCCCCCCCCC(C)n1cc(CCCCCCCCCCCC)nc1CCCCCCCCCC. The highest BCUT2D eigenvalue weighted by Crippen LogP contribution is 2.22. The van der Waals surface area contributed by atoms with Crippen molar-refractivity contribution in [3.05, 3.63) is 17.7 Å². The van der Waals surface area contributed by atoms with E-state index in [9.17, 15) is 0 Å². The minimum Gasteiger partial charge on any atom is -0.332 e. The maximum absolute atomic E-state index is 5.24. The van der Waals surface area contributed by atoms with E-state index in [0.29, 0.717) is 6.04 Å². The van der Waals surface area contributed by atoms with E-state index in [2.05, 4.69) is 38.5 Å². The summed E-state index contributed by atoms with van der Waals surface area (Å²) in [4.78, 5) is 5.24. The van der Waals surface area contributed by atoms with Crippen LogP contribution in [0.4, 0.5) is 0 Å². The Bertz CT molecular complexity index is 677. The Morgan fingerprint density at radius 1 is 0.442 bits per heavy atom. The fourth-order valence-electron chi connectivity index (χ4n) is 6.80. The number of aryl methyl sites for hydroxylation is 2. The first-order chi connectivity index (χ1) is 21.2. The van der Waals surface area contributed by atoms with E-state index >= 15 is 0 Å². The number of rotatable bonds is 34. The highest BCUT2D eigenvalue weighted by Gasteiger charge is 2.13. The van der Waals surface area contributed by atoms with Crippen LogP contribution in [0, 0.1) is 0 Å². The molecule has 0 aliphatic carbocycles. The van der Waals surface area contributed by atoms with Gasteiger partial charge in [-0.1, -0.05) is 201 Å². The van der Waals surface area contributed by atoms with Crippen LogP contribution in [0.1, 0.15) is 244 Å². The van der Waals surface area contributed by atoms with E-state index in [1.54, 1.807) is 0 Å². The molecule has 0 amide bonds. The quantitative estimate of drug-likeness (QED) is 0.0719. The number of aromatic nitrogens is 2. The lowest BCUT2D eigenvalue weighted by Crippen LogP contribution is -2.09. The molecule has 0 aliphatic heterocycles. The van der Waals surface area contributed by atoms with Gasteiger partial charge < -0.3 is 4.57 Å². The summed E-state index contributed by atoms with van der Waals surface area (Å²) in [6.45, 7) is 9.39. The molecule has 0 aliphatic rings. The number of nitrogens with zero attached hydrogens (tertiary/aromatic N) is 2. The van der Waals surface area contributed by atoms with Crippen LogP contribution in [0.15, 0.2) is 6.20 Å². The van der Waals surface area contributed by atoms with Crippen molar-refractivity contribution in [1.29, 1.82) is 0 Å². The molecule has 1 heterocycles. The minimum absolute atomic E-state index is 0.598. The van der Waals surface area contributed by atoms with E-state index in [0.717, 1.165) is 0 Å². The number of hydrogen-bond donors (Lipinski definition) is 0. The number of imidazole rings is 1. The van der Waals surface area contributed by atoms with Gasteiger partial charge in [-0.2, -0.15) is 0 Å². The second-order valence-corrected chi connectivity index (χ2v) is 14.2. The molecule has 0 N–H and O–H groups in total. The predicted octanol–water partition coefficient (Wildman–Crippen LogP) is 14.7. The molecule has 2 nitrogen and oxygen atoms in total. The Labute approximate surface area is 272 Å². The summed E-state index contributed by atoms with van der Waals surface area (Å²) < 4.78 is 2.60. The normalized spacial score (nSPS) is 12.4. The third kappa shape index (κ3) is 24.2. The van der Waals surface area contributed by atoms with Gasteiger partial charge >= 0.3 is 0 Å². The molecule has 0 fully saturated rings. The second kappa shape index (κ2) is 31.2. The summed E-state index contributed by atoms with van der Waals surface area (Å²) in [5, 5.41) is 0. The van der Waals surface area contributed by atoms with Gasteiger partial charge in [-0.25, -0.2) is 4.98 Å². The summed E-state index contributed by atoms with van der Waals surface area (Å²) >= 11 is 0.